The fourth-order valence-electron chi connectivity index (χ4n) is 2.99. The van der Waals surface area contributed by atoms with Crippen molar-refractivity contribution >= 4 is 15.9 Å². The first-order valence-corrected chi connectivity index (χ1v) is 10.1. The van der Waals surface area contributed by atoms with Crippen LogP contribution in [0, 0.1) is 0 Å². The lowest BCUT2D eigenvalue weighted by atomic mass is 10.1. The van der Waals surface area contributed by atoms with Gasteiger partial charge in [0.15, 0.2) is 0 Å². The molecule has 0 aliphatic carbocycles. The third-order valence-corrected chi connectivity index (χ3v) is 5.64. The summed E-state index contributed by atoms with van der Waals surface area (Å²) in [5.41, 5.74) is 1.18. The Kier molecular flexibility index (Phi) is 6.23. The minimum atomic E-state index is -3.33. The van der Waals surface area contributed by atoms with Gasteiger partial charge in [-0.2, -0.15) is 4.31 Å². The van der Waals surface area contributed by atoms with Crippen LogP contribution in [0.25, 0.3) is 0 Å². The molecule has 134 valence electrons. The highest BCUT2D eigenvalue weighted by atomic mass is 32.2. The molecule has 1 N–H and O–H groups in total. The highest BCUT2D eigenvalue weighted by Crippen LogP contribution is 2.20. The topological polar surface area (TPSA) is 75.7 Å². The number of hydrogen-bond donors (Lipinski definition) is 1. The highest BCUT2D eigenvalue weighted by Gasteiger charge is 2.36. The van der Waals surface area contributed by atoms with E-state index in [9.17, 15) is 13.2 Å². The lowest BCUT2D eigenvalue weighted by Gasteiger charge is -2.23. The smallest absolute Gasteiger partial charge is 0.238 e. The summed E-state index contributed by atoms with van der Waals surface area (Å²) in [6.07, 6.45) is 4.11. The number of methoxy groups -OCH3 is 1. The first kappa shape index (κ1) is 18.7. The van der Waals surface area contributed by atoms with Crippen LogP contribution in [-0.4, -0.2) is 50.6 Å². The Morgan fingerprint density at radius 1 is 1.38 bits per heavy atom. The number of aryl methyl sites for hydroxylation is 1. The maximum atomic E-state index is 12.4. The number of carbonyl (C=O) groups excluding carboxylic acids is 1. The number of nitrogens with zero attached hydrogens (tertiary/aromatic N) is 1. The molecule has 2 atom stereocenters. The second-order valence-electron chi connectivity index (χ2n) is 6.33. The van der Waals surface area contributed by atoms with Gasteiger partial charge in [0.25, 0.3) is 0 Å². The fraction of sp³-hybridized carbons (Fsp3) is 0.588. The number of rotatable bonds is 7. The second-order valence-corrected chi connectivity index (χ2v) is 8.26. The summed E-state index contributed by atoms with van der Waals surface area (Å²) in [4.78, 5) is 12.4. The quantitative estimate of drug-likeness (QED) is 0.806. The van der Waals surface area contributed by atoms with Crippen LogP contribution in [0.2, 0.25) is 0 Å². The number of hydrogen-bond acceptors (Lipinski definition) is 4. The van der Waals surface area contributed by atoms with E-state index in [4.69, 9.17) is 4.74 Å². The van der Waals surface area contributed by atoms with Gasteiger partial charge in [0.2, 0.25) is 15.9 Å². The largest absolute Gasteiger partial charge is 0.497 e. The van der Waals surface area contributed by atoms with Crippen molar-refractivity contribution in [2.75, 3.05) is 19.9 Å². The van der Waals surface area contributed by atoms with E-state index in [0.717, 1.165) is 31.3 Å². The van der Waals surface area contributed by atoms with Crippen molar-refractivity contribution < 1.29 is 17.9 Å². The van der Waals surface area contributed by atoms with Crippen molar-refractivity contribution in [1.29, 1.82) is 0 Å². The summed E-state index contributed by atoms with van der Waals surface area (Å²) in [5, 5.41) is 2.95. The van der Waals surface area contributed by atoms with Crippen LogP contribution in [0.15, 0.2) is 24.3 Å². The molecule has 1 aliphatic rings. The SMILES string of the molecule is COc1ccc(CCC(C)NC(=O)C2CCCN2S(C)(=O)=O)cc1. The van der Waals surface area contributed by atoms with Crippen molar-refractivity contribution in [1.82, 2.24) is 9.62 Å². The molecule has 24 heavy (non-hydrogen) atoms. The van der Waals surface area contributed by atoms with Crippen LogP contribution < -0.4 is 10.1 Å². The zero-order chi connectivity index (χ0) is 17.7. The summed E-state index contributed by atoms with van der Waals surface area (Å²) in [6, 6.07) is 7.28. The Labute approximate surface area is 144 Å². The first-order valence-electron chi connectivity index (χ1n) is 8.21. The lowest BCUT2D eigenvalue weighted by Crippen LogP contribution is -2.47. The average molecular weight is 354 g/mol. The van der Waals surface area contributed by atoms with E-state index in [1.54, 1.807) is 7.11 Å². The molecule has 0 aromatic heterocycles. The molecular formula is C17H26N2O4S. The minimum Gasteiger partial charge on any atom is -0.497 e. The Morgan fingerprint density at radius 3 is 2.62 bits per heavy atom. The minimum absolute atomic E-state index is 0.0124. The van der Waals surface area contributed by atoms with Gasteiger partial charge in [0.1, 0.15) is 11.8 Å². The van der Waals surface area contributed by atoms with Crippen LogP contribution in [-0.2, 0) is 21.2 Å². The molecule has 6 nitrogen and oxygen atoms in total. The molecule has 0 radical (unpaired) electrons. The Hall–Kier alpha value is -1.60. The van der Waals surface area contributed by atoms with Gasteiger partial charge in [0, 0.05) is 12.6 Å². The highest BCUT2D eigenvalue weighted by molar-refractivity contribution is 7.88. The number of sulfonamides is 1. The van der Waals surface area contributed by atoms with Gasteiger partial charge in [-0.05, 0) is 50.3 Å². The van der Waals surface area contributed by atoms with Crippen LogP contribution in [0.5, 0.6) is 5.75 Å². The molecule has 1 heterocycles. The number of amides is 1. The van der Waals surface area contributed by atoms with Crippen LogP contribution >= 0.6 is 0 Å². The maximum Gasteiger partial charge on any atom is 0.238 e. The third-order valence-electron chi connectivity index (χ3n) is 4.35. The zero-order valence-corrected chi connectivity index (χ0v) is 15.3. The number of nitrogens with one attached hydrogen (secondary N) is 1. The summed E-state index contributed by atoms with van der Waals surface area (Å²) in [6.45, 7) is 2.37. The van der Waals surface area contributed by atoms with Gasteiger partial charge >= 0.3 is 0 Å². The average Bonchev–Trinajstić information content (AvgIpc) is 3.03. The van der Waals surface area contributed by atoms with E-state index in [1.807, 2.05) is 31.2 Å². The normalized spacial score (nSPS) is 19.9. The van der Waals surface area contributed by atoms with Crippen molar-refractivity contribution in [3.8, 4) is 5.75 Å². The van der Waals surface area contributed by atoms with Gasteiger partial charge in [-0.25, -0.2) is 8.42 Å². The molecule has 2 rings (SSSR count). The van der Waals surface area contributed by atoms with Gasteiger partial charge in [-0.3, -0.25) is 4.79 Å². The monoisotopic (exact) mass is 354 g/mol. The fourth-order valence-corrected chi connectivity index (χ4v) is 4.11. The molecule has 1 aromatic rings. The molecule has 1 amide bonds. The Morgan fingerprint density at radius 2 is 2.04 bits per heavy atom. The standard InChI is InChI=1S/C17H26N2O4S/c1-13(6-7-14-8-10-15(23-2)11-9-14)18-17(20)16-5-4-12-19(16)24(3,21)22/h8-11,13,16H,4-7,12H2,1-3H3,(H,18,20). The van der Waals surface area contributed by atoms with Crippen molar-refractivity contribution in [2.24, 2.45) is 0 Å². The van der Waals surface area contributed by atoms with Crippen molar-refractivity contribution in [3.63, 3.8) is 0 Å². The molecular weight excluding hydrogens is 328 g/mol. The molecule has 1 saturated heterocycles. The molecule has 1 fully saturated rings. The second kappa shape index (κ2) is 7.98. The maximum absolute atomic E-state index is 12.4. The predicted octanol–water partition coefficient (Wildman–Crippen LogP) is 1.56. The van der Waals surface area contributed by atoms with Gasteiger partial charge in [-0.1, -0.05) is 12.1 Å². The van der Waals surface area contributed by atoms with E-state index in [0.29, 0.717) is 13.0 Å². The molecule has 1 aromatic carbocycles. The summed E-state index contributed by atoms with van der Waals surface area (Å²) in [5.74, 6) is 0.627. The molecule has 0 saturated carbocycles. The van der Waals surface area contributed by atoms with Gasteiger partial charge < -0.3 is 10.1 Å². The predicted molar refractivity (Wildman–Crippen MR) is 93.5 cm³/mol. The summed E-state index contributed by atoms with van der Waals surface area (Å²) < 4.78 is 29.9. The molecule has 0 bridgehead atoms. The van der Waals surface area contributed by atoms with E-state index in [2.05, 4.69) is 5.32 Å². The van der Waals surface area contributed by atoms with E-state index < -0.39 is 16.1 Å². The molecule has 1 aliphatic heterocycles. The molecule has 0 spiro atoms. The number of benzene rings is 1. The zero-order valence-electron chi connectivity index (χ0n) is 14.5. The van der Waals surface area contributed by atoms with E-state index in [1.165, 1.54) is 9.87 Å². The summed E-state index contributed by atoms with van der Waals surface area (Å²) in [7, 11) is -1.70. The third kappa shape index (κ3) is 4.95. The molecule has 2 unspecified atom stereocenters. The first-order chi connectivity index (χ1) is 11.3. The Balaban J connectivity index is 1.85. The van der Waals surface area contributed by atoms with Crippen molar-refractivity contribution in [3.05, 3.63) is 29.8 Å². The van der Waals surface area contributed by atoms with Crippen LogP contribution in [0.4, 0.5) is 0 Å². The van der Waals surface area contributed by atoms with Crippen LogP contribution in [0.3, 0.4) is 0 Å². The lowest BCUT2D eigenvalue weighted by molar-refractivity contribution is -0.124. The number of carbonyl (C=O) groups is 1. The Bertz CT molecular complexity index is 658. The molecule has 7 heteroatoms. The summed E-state index contributed by atoms with van der Waals surface area (Å²) >= 11 is 0. The number of ether oxygens (including phenoxy) is 1. The van der Waals surface area contributed by atoms with E-state index in [-0.39, 0.29) is 11.9 Å². The van der Waals surface area contributed by atoms with Gasteiger partial charge in [-0.15, -0.1) is 0 Å². The van der Waals surface area contributed by atoms with Crippen LogP contribution in [0.1, 0.15) is 31.7 Å². The van der Waals surface area contributed by atoms with Crippen molar-refractivity contribution in [2.45, 2.75) is 44.7 Å². The van der Waals surface area contributed by atoms with E-state index >= 15 is 0 Å². The van der Waals surface area contributed by atoms with Gasteiger partial charge in [0.05, 0.1) is 13.4 Å².